The summed E-state index contributed by atoms with van der Waals surface area (Å²) in [6.45, 7) is 1.94. The van der Waals surface area contributed by atoms with Crippen molar-refractivity contribution in [2.45, 2.75) is 6.92 Å². The number of hydrogen-bond acceptors (Lipinski definition) is 0. The van der Waals surface area contributed by atoms with Gasteiger partial charge in [-0.3, -0.25) is 0 Å². The lowest BCUT2D eigenvalue weighted by molar-refractivity contribution is 1.64. The number of allylic oxidation sites excluding steroid dienone is 1. The lowest BCUT2D eigenvalue weighted by Crippen LogP contribution is -1.74. The van der Waals surface area contributed by atoms with Crippen molar-refractivity contribution in [3.05, 3.63) is 39.9 Å². The first-order valence-electron chi connectivity index (χ1n) is 3.32. The van der Waals surface area contributed by atoms with E-state index in [9.17, 15) is 0 Å². The molecule has 0 unspecified atom stereocenters. The summed E-state index contributed by atoms with van der Waals surface area (Å²) >= 11 is 11.7. The van der Waals surface area contributed by atoms with Crippen LogP contribution < -0.4 is 0 Å². The van der Waals surface area contributed by atoms with E-state index in [2.05, 4.69) is 0 Å². The fourth-order valence-electron chi connectivity index (χ4n) is 0.829. The maximum atomic E-state index is 5.89. The summed E-state index contributed by atoms with van der Waals surface area (Å²) in [4.78, 5) is 0. The van der Waals surface area contributed by atoms with E-state index in [4.69, 9.17) is 23.2 Å². The summed E-state index contributed by atoms with van der Waals surface area (Å²) in [5, 5.41) is 1.22. The molecule has 11 heavy (non-hydrogen) atoms. The van der Waals surface area contributed by atoms with Crippen molar-refractivity contribution < 1.29 is 0 Å². The van der Waals surface area contributed by atoms with Crippen LogP contribution in [0.1, 0.15) is 12.5 Å². The van der Waals surface area contributed by atoms with Gasteiger partial charge in [-0.25, -0.2) is 0 Å². The first-order valence-corrected chi connectivity index (χ1v) is 4.08. The highest BCUT2D eigenvalue weighted by Gasteiger charge is 1.99. The largest absolute Gasteiger partial charge is 0.0870 e. The van der Waals surface area contributed by atoms with Crippen LogP contribution in [0.4, 0.5) is 0 Å². The van der Waals surface area contributed by atoms with Crippen LogP contribution in [0.25, 0.3) is 6.08 Å². The van der Waals surface area contributed by atoms with E-state index in [-0.39, 0.29) is 0 Å². The van der Waals surface area contributed by atoms with Crippen molar-refractivity contribution in [3.8, 4) is 0 Å². The molecule has 0 atom stereocenters. The van der Waals surface area contributed by atoms with Gasteiger partial charge in [-0.1, -0.05) is 47.5 Å². The molecule has 2 heteroatoms. The zero-order valence-electron chi connectivity index (χ0n) is 6.14. The standard InChI is InChI=1S/C9H8Cl2/c1-2-4-7-5-3-6-8(10)9(7)11/h2-6H,1H3. The predicted octanol–water partition coefficient (Wildman–Crippen LogP) is 4.03. The Balaban J connectivity index is 3.16. The van der Waals surface area contributed by atoms with Gasteiger partial charge in [-0.15, -0.1) is 0 Å². The van der Waals surface area contributed by atoms with Crippen LogP contribution in [0.5, 0.6) is 0 Å². The zero-order valence-corrected chi connectivity index (χ0v) is 7.65. The molecule has 0 aliphatic carbocycles. The topological polar surface area (TPSA) is 0 Å². The quantitative estimate of drug-likeness (QED) is 0.622. The fourth-order valence-corrected chi connectivity index (χ4v) is 1.20. The van der Waals surface area contributed by atoms with E-state index in [1.165, 1.54) is 0 Å². The molecule has 0 aliphatic rings. The van der Waals surface area contributed by atoms with Gasteiger partial charge >= 0.3 is 0 Å². The Labute approximate surface area is 76.4 Å². The molecule has 0 saturated carbocycles. The summed E-state index contributed by atoms with van der Waals surface area (Å²) in [6, 6.07) is 5.58. The van der Waals surface area contributed by atoms with Crippen molar-refractivity contribution >= 4 is 29.3 Å². The summed E-state index contributed by atoms with van der Waals surface area (Å²) in [5.41, 5.74) is 0.960. The molecule has 0 spiro atoms. The Hall–Kier alpha value is -0.460. The first-order chi connectivity index (χ1) is 5.25. The summed E-state index contributed by atoms with van der Waals surface area (Å²) in [6.07, 6.45) is 3.85. The minimum absolute atomic E-state index is 0.599. The van der Waals surface area contributed by atoms with Crippen LogP contribution in [0, 0.1) is 0 Å². The SMILES string of the molecule is CC=Cc1cccc(Cl)c1Cl. The number of hydrogen-bond donors (Lipinski definition) is 0. The molecule has 58 valence electrons. The molecule has 1 aromatic carbocycles. The lowest BCUT2D eigenvalue weighted by atomic mass is 10.2. The maximum Gasteiger partial charge on any atom is 0.0664 e. The molecule has 0 radical (unpaired) electrons. The molecule has 0 fully saturated rings. The number of rotatable bonds is 1. The third kappa shape index (κ3) is 1.98. The average Bonchev–Trinajstić information content (AvgIpc) is 1.99. The van der Waals surface area contributed by atoms with E-state index in [1.807, 2.05) is 31.2 Å². The van der Waals surface area contributed by atoms with Gasteiger partial charge in [0.2, 0.25) is 0 Å². The highest BCUT2D eigenvalue weighted by molar-refractivity contribution is 6.42. The Morgan fingerprint density at radius 3 is 2.64 bits per heavy atom. The minimum Gasteiger partial charge on any atom is -0.0870 e. The Morgan fingerprint density at radius 1 is 1.27 bits per heavy atom. The first kappa shape index (κ1) is 8.63. The van der Waals surface area contributed by atoms with Gasteiger partial charge in [0.05, 0.1) is 10.0 Å². The van der Waals surface area contributed by atoms with Crippen LogP contribution in [0.2, 0.25) is 10.0 Å². The molecule has 1 aromatic rings. The van der Waals surface area contributed by atoms with E-state index in [0.29, 0.717) is 10.0 Å². The minimum atomic E-state index is 0.599. The van der Waals surface area contributed by atoms with Crippen LogP contribution in [-0.2, 0) is 0 Å². The lowest BCUT2D eigenvalue weighted by Gasteiger charge is -1.98. The summed E-state index contributed by atoms with van der Waals surface area (Å²) < 4.78 is 0. The second-order valence-electron chi connectivity index (χ2n) is 2.14. The van der Waals surface area contributed by atoms with Gasteiger partial charge < -0.3 is 0 Å². The van der Waals surface area contributed by atoms with Crippen molar-refractivity contribution in [3.63, 3.8) is 0 Å². The van der Waals surface area contributed by atoms with Gasteiger partial charge in [0.25, 0.3) is 0 Å². The van der Waals surface area contributed by atoms with Crippen molar-refractivity contribution in [2.75, 3.05) is 0 Å². The van der Waals surface area contributed by atoms with Crippen molar-refractivity contribution in [1.82, 2.24) is 0 Å². The van der Waals surface area contributed by atoms with Crippen molar-refractivity contribution in [2.24, 2.45) is 0 Å². The molecule has 0 N–H and O–H groups in total. The van der Waals surface area contributed by atoms with Gasteiger partial charge in [-0.2, -0.15) is 0 Å². The highest BCUT2D eigenvalue weighted by Crippen LogP contribution is 2.26. The normalized spacial score (nSPS) is 10.8. The second-order valence-corrected chi connectivity index (χ2v) is 2.93. The summed E-state index contributed by atoms with van der Waals surface area (Å²) in [5.74, 6) is 0. The van der Waals surface area contributed by atoms with Crippen LogP contribution >= 0.6 is 23.2 Å². The smallest absolute Gasteiger partial charge is 0.0664 e. The number of halogens is 2. The van der Waals surface area contributed by atoms with E-state index >= 15 is 0 Å². The van der Waals surface area contributed by atoms with Crippen LogP contribution in [-0.4, -0.2) is 0 Å². The molecule has 0 heterocycles. The van der Waals surface area contributed by atoms with Gasteiger partial charge in [-0.05, 0) is 18.6 Å². The van der Waals surface area contributed by atoms with Gasteiger partial charge in [0.1, 0.15) is 0 Å². The Bertz CT molecular complexity index is 277. The van der Waals surface area contributed by atoms with E-state index in [0.717, 1.165) is 5.56 Å². The second kappa shape index (κ2) is 3.80. The zero-order chi connectivity index (χ0) is 8.27. The predicted molar refractivity (Wildman–Crippen MR) is 51.2 cm³/mol. The summed E-state index contributed by atoms with van der Waals surface area (Å²) in [7, 11) is 0. The molecule has 0 bridgehead atoms. The maximum absolute atomic E-state index is 5.89. The molecule has 0 aliphatic heterocycles. The molecule has 0 nitrogen and oxygen atoms in total. The van der Waals surface area contributed by atoms with Crippen LogP contribution in [0.15, 0.2) is 24.3 Å². The average molecular weight is 187 g/mol. The molecular formula is C9H8Cl2. The molecule has 0 saturated heterocycles. The Kier molecular flexibility index (Phi) is 2.98. The molecular weight excluding hydrogens is 179 g/mol. The van der Waals surface area contributed by atoms with Crippen LogP contribution in [0.3, 0.4) is 0 Å². The van der Waals surface area contributed by atoms with Gasteiger partial charge in [0, 0.05) is 0 Å². The molecule has 0 amide bonds. The van der Waals surface area contributed by atoms with E-state index < -0.39 is 0 Å². The monoisotopic (exact) mass is 186 g/mol. The molecule has 0 aromatic heterocycles. The third-order valence-corrected chi connectivity index (χ3v) is 2.16. The van der Waals surface area contributed by atoms with E-state index in [1.54, 1.807) is 6.07 Å². The Morgan fingerprint density at radius 2 is 2.00 bits per heavy atom. The molecule has 1 rings (SSSR count). The van der Waals surface area contributed by atoms with Crippen molar-refractivity contribution in [1.29, 1.82) is 0 Å². The fraction of sp³-hybridized carbons (Fsp3) is 0.111. The third-order valence-electron chi connectivity index (χ3n) is 1.33. The highest BCUT2D eigenvalue weighted by atomic mass is 35.5. The number of benzene rings is 1. The van der Waals surface area contributed by atoms with Gasteiger partial charge in [0.15, 0.2) is 0 Å².